The minimum absolute atomic E-state index is 0.228. The number of amides is 2. The Kier molecular flexibility index (Phi) is 5.23. The number of carbonyl (C=O) groups is 1. The molecule has 0 radical (unpaired) electrons. The summed E-state index contributed by atoms with van der Waals surface area (Å²) in [6.07, 6.45) is -2.78. The van der Waals surface area contributed by atoms with Crippen molar-refractivity contribution in [3.05, 3.63) is 29.8 Å². The molecular weight excluding hydrogens is 304 g/mol. The van der Waals surface area contributed by atoms with E-state index in [1.54, 1.807) is 29.2 Å². The van der Waals surface area contributed by atoms with E-state index in [0.717, 1.165) is 6.42 Å². The van der Waals surface area contributed by atoms with Crippen LogP contribution < -0.4 is 5.32 Å². The van der Waals surface area contributed by atoms with Gasteiger partial charge < -0.3 is 15.0 Å². The normalized spacial score (nSPS) is 14.9. The van der Waals surface area contributed by atoms with Crippen LogP contribution in [0, 0.1) is 0 Å². The van der Waals surface area contributed by atoms with Gasteiger partial charge in [0, 0.05) is 18.8 Å². The van der Waals surface area contributed by atoms with Gasteiger partial charge >= 0.3 is 18.4 Å². The van der Waals surface area contributed by atoms with Gasteiger partial charge in [-0.05, 0) is 24.1 Å². The van der Waals surface area contributed by atoms with Crippen molar-refractivity contribution in [1.82, 2.24) is 4.90 Å². The zero-order chi connectivity index (χ0) is 16.2. The minimum atomic E-state index is -4.16. The van der Waals surface area contributed by atoms with Crippen LogP contribution in [0.2, 0.25) is 0 Å². The Hall–Kier alpha value is -1.83. The number of hydrogen-bond acceptors (Lipinski definition) is 2. The van der Waals surface area contributed by atoms with E-state index in [4.69, 9.17) is 0 Å². The highest BCUT2D eigenvalue weighted by Crippen LogP contribution is 2.23. The molecule has 2 amide bonds. The molecule has 1 saturated heterocycles. The Bertz CT molecular complexity index is 521. The number of nitrogens with zero attached hydrogens (tertiary/aromatic N) is 1. The lowest BCUT2D eigenvalue weighted by molar-refractivity contribution is -0.168. The highest BCUT2D eigenvalue weighted by molar-refractivity contribution is 5.89. The number of nitrogens with one attached hydrogen (secondary N) is 1. The van der Waals surface area contributed by atoms with Gasteiger partial charge in [-0.2, -0.15) is 8.78 Å². The zero-order valence-corrected chi connectivity index (χ0v) is 11.7. The molecule has 22 heavy (non-hydrogen) atoms. The third-order valence-electron chi connectivity index (χ3n) is 3.20. The van der Waals surface area contributed by atoms with Crippen molar-refractivity contribution >= 4 is 11.7 Å². The highest BCUT2D eigenvalue weighted by Gasteiger charge is 2.40. The van der Waals surface area contributed by atoms with Gasteiger partial charge in [-0.1, -0.05) is 12.1 Å². The maximum atomic E-state index is 12.7. The van der Waals surface area contributed by atoms with Crippen LogP contribution in [0.5, 0.6) is 0 Å². The Morgan fingerprint density at radius 3 is 2.68 bits per heavy atom. The maximum Gasteiger partial charge on any atom is 0.330 e. The van der Waals surface area contributed by atoms with E-state index in [2.05, 4.69) is 10.1 Å². The molecule has 1 fully saturated rings. The van der Waals surface area contributed by atoms with Crippen molar-refractivity contribution in [2.24, 2.45) is 0 Å². The van der Waals surface area contributed by atoms with Crippen LogP contribution in [-0.2, 0) is 11.3 Å². The number of halogens is 4. The molecule has 0 bridgehead atoms. The topological polar surface area (TPSA) is 41.6 Å². The van der Waals surface area contributed by atoms with Crippen molar-refractivity contribution in [3.8, 4) is 0 Å². The first kappa shape index (κ1) is 16.5. The summed E-state index contributed by atoms with van der Waals surface area (Å²) in [5.41, 5.74) is 1.00. The molecule has 0 saturated carbocycles. The number of alkyl halides is 4. The van der Waals surface area contributed by atoms with Crippen LogP contribution in [0.15, 0.2) is 24.3 Å². The molecule has 0 atom stereocenters. The molecule has 0 aromatic heterocycles. The van der Waals surface area contributed by atoms with E-state index in [9.17, 15) is 22.4 Å². The third kappa shape index (κ3) is 4.33. The fourth-order valence-electron chi connectivity index (χ4n) is 1.83. The molecule has 1 N–H and O–H groups in total. The summed E-state index contributed by atoms with van der Waals surface area (Å²) in [6, 6.07) is 6.19. The van der Waals surface area contributed by atoms with E-state index < -0.39 is 19.0 Å². The maximum absolute atomic E-state index is 12.7. The predicted octanol–water partition coefficient (Wildman–Crippen LogP) is 3.34. The molecule has 0 unspecified atom stereocenters. The van der Waals surface area contributed by atoms with Crippen molar-refractivity contribution in [2.45, 2.75) is 25.4 Å². The van der Waals surface area contributed by atoms with Crippen molar-refractivity contribution < 1.29 is 27.1 Å². The summed E-state index contributed by atoms with van der Waals surface area (Å²) in [4.78, 5) is 13.4. The molecule has 8 heteroatoms. The van der Waals surface area contributed by atoms with E-state index >= 15 is 0 Å². The van der Waals surface area contributed by atoms with E-state index in [0.29, 0.717) is 24.3 Å². The number of carbonyl (C=O) groups excluding carboxylic acids is 1. The van der Waals surface area contributed by atoms with Crippen molar-refractivity contribution in [3.63, 3.8) is 0 Å². The van der Waals surface area contributed by atoms with Crippen LogP contribution in [0.25, 0.3) is 0 Å². The molecule has 1 aromatic carbocycles. The molecule has 1 heterocycles. The molecule has 122 valence electrons. The summed E-state index contributed by atoms with van der Waals surface area (Å²) in [7, 11) is 0. The van der Waals surface area contributed by atoms with Gasteiger partial charge in [-0.25, -0.2) is 13.6 Å². The van der Waals surface area contributed by atoms with Gasteiger partial charge in [-0.3, -0.25) is 0 Å². The Balaban J connectivity index is 1.84. The van der Waals surface area contributed by atoms with Gasteiger partial charge in [0.2, 0.25) is 0 Å². The molecule has 0 aliphatic carbocycles. The summed E-state index contributed by atoms with van der Waals surface area (Å²) >= 11 is 0. The van der Waals surface area contributed by atoms with E-state index in [-0.39, 0.29) is 12.6 Å². The Labute approximate surface area is 125 Å². The van der Waals surface area contributed by atoms with E-state index in [1.165, 1.54) is 0 Å². The second-order valence-electron chi connectivity index (χ2n) is 5.03. The standard InChI is InChI=1S/C14H16F4N2O2/c15-12(16)14(17,18)9-22-8-10-3-1-4-11(7-10)19-13(21)20-5-2-6-20/h1,3-4,7,12H,2,5-6,8-9H2,(H,19,21). The SMILES string of the molecule is O=C(Nc1cccc(COCC(F)(F)C(F)F)c1)N1CCC1. The molecular formula is C14H16F4N2O2. The summed E-state index contributed by atoms with van der Waals surface area (Å²) in [5, 5.41) is 2.67. The number of anilines is 1. The second kappa shape index (κ2) is 6.95. The lowest BCUT2D eigenvalue weighted by Crippen LogP contribution is -2.44. The molecule has 4 nitrogen and oxygen atoms in total. The van der Waals surface area contributed by atoms with Gasteiger partial charge in [0.25, 0.3) is 0 Å². The zero-order valence-electron chi connectivity index (χ0n) is 11.7. The third-order valence-corrected chi connectivity index (χ3v) is 3.20. The van der Waals surface area contributed by atoms with Gasteiger partial charge in [0.15, 0.2) is 0 Å². The fraction of sp³-hybridized carbons (Fsp3) is 0.500. The number of urea groups is 1. The monoisotopic (exact) mass is 320 g/mol. The molecule has 2 rings (SSSR count). The van der Waals surface area contributed by atoms with Crippen LogP contribution in [0.4, 0.5) is 28.0 Å². The summed E-state index contributed by atoms with van der Waals surface area (Å²) in [6.45, 7) is -0.181. The summed E-state index contributed by atoms with van der Waals surface area (Å²) < 4.78 is 54.0. The summed E-state index contributed by atoms with van der Waals surface area (Å²) in [5.74, 6) is -4.16. The number of ether oxygens (including phenoxy) is 1. The second-order valence-corrected chi connectivity index (χ2v) is 5.03. The minimum Gasteiger partial charge on any atom is -0.370 e. The van der Waals surface area contributed by atoms with Gasteiger partial charge in [0.05, 0.1) is 6.61 Å². The quantitative estimate of drug-likeness (QED) is 0.817. The van der Waals surface area contributed by atoms with Crippen LogP contribution in [0.1, 0.15) is 12.0 Å². The first-order chi connectivity index (χ1) is 10.4. The van der Waals surface area contributed by atoms with Crippen LogP contribution in [0.3, 0.4) is 0 Å². The smallest absolute Gasteiger partial charge is 0.330 e. The molecule has 1 aliphatic heterocycles. The lowest BCUT2D eigenvalue weighted by Gasteiger charge is -2.30. The van der Waals surface area contributed by atoms with Crippen LogP contribution in [-0.4, -0.2) is 43.0 Å². The number of rotatable bonds is 6. The number of hydrogen-bond donors (Lipinski definition) is 1. The van der Waals surface area contributed by atoms with E-state index in [1.807, 2.05) is 0 Å². The predicted molar refractivity (Wildman–Crippen MR) is 72.3 cm³/mol. The first-order valence-electron chi connectivity index (χ1n) is 6.77. The van der Waals surface area contributed by atoms with Crippen molar-refractivity contribution in [1.29, 1.82) is 0 Å². The average Bonchev–Trinajstić information content (AvgIpc) is 2.36. The fourth-order valence-corrected chi connectivity index (χ4v) is 1.83. The molecule has 1 aromatic rings. The largest absolute Gasteiger partial charge is 0.370 e. The molecule has 1 aliphatic rings. The Morgan fingerprint density at radius 1 is 1.36 bits per heavy atom. The van der Waals surface area contributed by atoms with Gasteiger partial charge in [0.1, 0.15) is 6.61 Å². The average molecular weight is 320 g/mol. The first-order valence-corrected chi connectivity index (χ1v) is 6.77. The van der Waals surface area contributed by atoms with Crippen molar-refractivity contribution in [2.75, 3.05) is 25.0 Å². The molecule has 0 spiro atoms. The number of benzene rings is 1. The Morgan fingerprint density at radius 2 is 2.09 bits per heavy atom. The number of likely N-dealkylation sites (tertiary alicyclic amines) is 1. The van der Waals surface area contributed by atoms with Gasteiger partial charge in [-0.15, -0.1) is 0 Å². The lowest BCUT2D eigenvalue weighted by atomic mass is 10.2. The highest BCUT2D eigenvalue weighted by atomic mass is 19.3. The van der Waals surface area contributed by atoms with Crippen LogP contribution >= 0.6 is 0 Å².